The van der Waals surface area contributed by atoms with Crippen LogP contribution in [0.4, 0.5) is 0 Å². The SMILES string of the molecule is CCOC(=O)C1=C(C)N=c2s/c(=C\c3cccc(OC(C)C)c3)c(=O)n2[C@H]1c1cccs1. The summed E-state index contributed by atoms with van der Waals surface area (Å²) in [7, 11) is 0. The number of nitrogens with zero attached hydrogens (tertiary/aromatic N) is 2. The number of benzene rings is 1. The summed E-state index contributed by atoms with van der Waals surface area (Å²) in [6.45, 7) is 7.75. The number of thiophene rings is 1. The molecule has 32 heavy (non-hydrogen) atoms. The van der Waals surface area contributed by atoms with Gasteiger partial charge in [0.1, 0.15) is 11.8 Å². The third-order valence-electron chi connectivity index (χ3n) is 4.86. The maximum Gasteiger partial charge on any atom is 0.338 e. The molecule has 0 saturated heterocycles. The molecule has 0 spiro atoms. The highest BCUT2D eigenvalue weighted by Crippen LogP contribution is 2.33. The fourth-order valence-corrected chi connectivity index (χ4v) is 5.48. The van der Waals surface area contributed by atoms with Gasteiger partial charge in [-0.2, -0.15) is 0 Å². The molecular weight excluding hydrogens is 444 g/mol. The maximum atomic E-state index is 13.5. The van der Waals surface area contributed by atoms with E-state index in [1.165, 1.54) is 22.7 Å². The third-order valence-corrected chi connectivity index (χ3v) is 6.77. The van der Waals surface area contributed by atoms with E-state index in [0.29, 0.717) is 20.6 Å². The Balaban J connectivity index is 1.87. The smallest absolute Gasteiger partial charge is 0.338 e. The summed E-state index contributed by atoms with van der Waals surface area (Å²) in [5, 5.41) is 1.93. The summed E-state index contributed by atoms with van der Waals surface area (Å²) in [6, 6.07) is 10.9. The van der Waals surface area contributed by atoms with Gasteiger partial charge in [0.2, 0.25) is 0 Å². The molecule has 0 saturated carbocycles. The van der Waals surface area contributed by atoms with Gasteiger partial charge in [-0.05, 0) is 62.9 Å². The van der Waals surface area contributed by atoms with Gasteiger partial charge in [-0.3, -0.25) is 9.36 Å². The van der Waals surface area contributed by atoms with Crippen LogP contribution in [0.1, 0.15) is 44.2 Å². The van der Waals surface area contributed by atoms with Crippen LogP contribution in [0.3, 0.4) is 0 Å². The Labute approximate surface area is 193 Å². The third kappa shape index (κ3) is 4.33. The highest BCUT2D eigenvalue weighted by molar-refractivity contribution is 7.10. The average Bonchev–Trinajstić information content (AvgIpc) is 3.36. The minimum Gasteiger partial charge on any atom is -0.491 e. The average molecular weight is 469 g/mol. The molecular formula is C24H24N2O4S2. The van der Waals surface area contributed by atoms with Crippen LogP contribution >= 0.6 is 22.7 Å². The second kappa shape index (κ2) is 9.26. The van der Waals surface area contributed by atoms with Crippen LogP contribution in [-0.4, -0.2) is 23.2 Å². The first-order chi connectivity index (χ1) is 15.4. The second-order valence-corrected chi connectivity index (χ2v) is 9.55. The van der Waals surface area contributed by atoms with Crippen molar-refractivity contribution in [3.63, 3.8) is 0 Å². The number of thiazole rings is 1. The number of esters is 1. The van der Waals surface area contributed by atoms with E-state index < -0.39 is 12.0 Å². The van der Waals surface area contributed by atoms with E-state index in [4.69, 9.17) is 9.47 Å². The number of aromatic nitrogens is 1. The van der Waals surface area contributed by atoms with Crippen LogP contribution in [0.15, 0.2) is 62.8 Å². The zero-order valence-corrected chi connectivity index (χ0v) is 20.0. The number of hydrogen-bond donors (Lipinski definition) is 0. The summed E-state index contributed by atoms with van der Waals surface area (Å²) in [5.74, 6) is 0.304. The van der Waals surface area contributed by atoms with Gasteiger partial charge in [-0.15, -0.1) is 11.3 Å². The molecule has 0 aliphatic carbocycles. The molecule has 3 heterocycles. The Kier molecular flexibility index (Phi) is 6.43. The Morgan fingerprint density at radius 2 is 2.09 bits per heavy atom. The number of allylic oxidation sites excluding steroid dienone is 1. The van der Waals surface area contributed by atoms with E-state index in [0.717, 1.165) is 16.2 Å². The predicted molar refractivity (Wildman–Crippen MR) is 127 cm³/mol. The van der Waals surface area contributed by atoms with Gasteiger partial charge in [0.15, 0.2) is 4.80 Å². The van der Waals surface area contributed by atoms with Gasteiger partial charge < -0.3 is 9.47 Å². The standard InChI is InChI=1S/C24H24N2O4S2/c1-5-29-23(28)20-15(4)25-24-26(21(20)18-10-7-11-31-18)22(27)19(32-24)13-16-8-6-9-17(12-16)30-14(2)3/h6-14,21H,5H2,1-4H3/b19-13-/t21-/m0/s1. The summed E-state index contributed by atoms with van der Waals surface area (Å²) in [5.41, 5.74) is 1.65. The Morgan fingerprint density at radius 1 is 1.28 bits per heavy atom. The lowest BCUT2D eigenvalue weighted by molar-refractivity contribution is -0.139. The Bertz CT molecular complexity index is 1350. The summed E-state index contributed by atoms with van der Waals surface area (Å²) < 4.78 is 13.2. The number of carbonyl (C=O) groups excluding carboxylic acids is 1. The minimum absolute atomic E-state index is 0.0608. The number of ether oxygens (including phenoxy) is 2. The van der Waals surface area contributed by atoms with Crippen LogP contribution in [0.25, 0.3) is 6.08 Å². The lowest BCUT2D eigenvalue weighted by Crippen LogP contribution is -2.39. The van der Waals surface area contributed by atoms with E-state index >= 15 is 0 Å². The fraction of sp³-hybridized carbons (Fsp3) is 0.292. The molecule has 3 aromatic rings. The topological polar surface area (TPSA) is 69.9 Å². The van der Waals surface area contributed by atoms with Crippen LogP contribution in [0, 0.1) is 0 Å². The first kappa shape index (κ1) is 22.2. The van der Waals surface area contributed by atoms with Crippen molar-refractivity contribution in [3.05, 3.63) is 83.2 Å². The van der Waals surface area contributed by atoms with Gasteiger partial charge in [0.25, 0.3) is 5.56 Å². The monoisotopic (exact) mass is 468 g/mol. The van der Waals surface area contributed by atoms with Crippen molar-refractivity contribution in [3.8, 4) is 5.75 Å². The van der Waals surface area contributed by atoms with E-state index in [2.05, 4.69) is 4.99 Å². The molecule has 1 aliphatic rings. The predicted octanol–water partition coefficient (Wildman–Crippen LogP) is 3.65. The molecule has 0 amide bonds. The van der Waals surface area contributed by atoms with Crippen LogP contribution in [0.5, 0.6) is 5.75 Å². The maximum absolute atomic E-state index is 13.5. The fourth-order valence-electron chi connectivity index (χ4n) is 3.61. The molecule has 8 heteroatoms. The van der Waals surface area contributed by atoms with Gasteiger partial charge in [-0.25, -0.2) is 9.79 Å². The normalized spacial score (nSPS) is 16.2. The number of fused-ring (bicyclic) bond motifs is 1. The van der Waals surface area contributed by atoms with Crippen LogP contribution < -0.4 is 19.6 Å². The van der Waals surface area contributed by atoms with Gasteiger partial charge >= 0.3 is 5.97 Å². The molecule has 0 fully saturated rings. The van der Waals surface area contributed by atoms with Crippen molar-refractivity contribution in [2.24, 2.45) is 4.99 Å². The van der Waals surface area contributed by atoms with Crippen molar-refractivity contribution < 1.29 is 14.3 Å². The molecule has 166 valence electrons. The highest BCUT2D eigenvalue weighted by atomic mass is 32.1. The van der Waals surface area contributed by atoms with Crippen molar-refractivity contribution in [1.29, 1.82) is 0 Å². The summed E-state index contributed by atoms with van der Waals surface area (Å²) >= 11 is 2.81. The molecule has 0 bridgehead atoms. The van der Waals surface area contributed by atoms with E-state index in [1.807, 2.05) is 61.7 Å². The van der Waals surface area contributed by atoms with Crippen molar-refractivity contribution in [2.45, 2.75) is 39.8 Å². The molecule has 0 N–H and O–H groups in total. The summed E-state index contributed by atoms with van der Waals surface area (Å²) in [6.07, 6.45) is 1.90. The Hall–Kier alpha value is -2.97. The molecule has 1 aliphatic heterocycles. The minimum atomic E-state index is -0.553. The molecule has 1 atom stereocenters. The number of hydrogen-bond acceptors (Lipinski definition) is 7. The highest BCUT2D eigenvalue weighted by Gasteiger charge is 2.33. The molecule has 0 unspecified atom stereocenters. The van der Waals surface area contributed by atoms with Crippen LogP contribution in [-0.2, 0) is 9.53 Å². The molecule has 6 nitrogen and oxygen atoms in total. The molecule has 0 radical (unpaired) electrons. The zero-order valence-electron chi connectivity index (χ0n) is 18.3. The first-order valence-electron chi connectivity index (χ1n) is 10.4. The van der Waals surface area contributed by atoms with E-state index in [9.17, 15) is 9.59 Å². The lowest BCUT2D eigenvalue weighted by atomic mass is 10.0. The van der Waals surface area contributed by atoms with Crippen molar-refractivity contribution >= 4 is 34.7 Å². The number of carbonyl (C=O) groups is 1. The second-order valence-electron chi connectivity index (χ2n) is 7.56. The molecule has 2 aromatic heterocycles. The van der Waals surface area contributed by atoms with E-state index in [-0.39, 0.29) is 18.3 Å². The van der Waals surface area contributed by atoms with Gasteiger partial charge in [0.05, 0.1) is 28.5 Å². The largest absolute Gasteiger partial charge is 0.491 e. The quantitative estimate of drug-likeness (QED) is 0.518. The Morgan fingerprint density at radius 3 is 2.78 bits per heavy atom. The molecule has 4 rings (SSSR count). The van der Waals surface area contributed by atoms with Crippen LogP contribution in [0.2, 0.25) is 0 Å². The number of rotatable bonds is 6. The van der Waals surface area contributed by atoms with Gasteiger partial charge in [-0.1, -0.05) is 29.5 Å². The van der Waals surface area contributed by atoms with Crippen molar-refractivity contribution in [1.82, 2.24) is 4.57 Å². The first-order valence-corrected chi connectivity index (χ1v) is 12.1. The lowest BCUT2D eigenvalue weighted by Gasteiger charge is -2.23. The zero-order chi connectivity index (χ0) is 22.8. The molecule has 1 aromatic carbocycles. The van der Waals surface area contributed by atoms with Gasteiger partial charge in [0, 0.05) is 4.88 Å². The van der Waals surface area contributed by atoms with Crippen molar-refractivity contribution in [2.75, 3.05) is 6.61 Å². The summed E-state index contributed by atoms with van der Waals surface area (Å²) in [4.78, 5) is 32.3. The van der Waals surface area contributed by atoms with E-state index in [1.54, 1.807) is 18.4 Å².